The van der Waals surface area contributed by atoms with Gasteiger partial charge in [-0.25, -0.2) is 12.8 Å². The zero-order valence-electron chi connectivity index (χ0n) is 11.4. The van der Waals surface area contributed by atoms with Crippen LogP contribution in [0.3, 0.4) is 0 Å². The van der Waals surface area contributed by atoms with Crippen molar-refractivity contribution in [3.63, 3.8) is 0 Å². The average molecular weight is 373 g/mol. The molecule has 2 aromatic rings. The van der Waals surface area contributed by atoms with Crippen LogP contribution in [-0.4, -0.2) is 8.42 Å². The van der Waals surface area contributed by atoms with E-state index in [9.17, 15) is 12.8 Å². The molecule has 0 heterocycles. The molecule has 3 N–H and O–H groups in total. The molecule has 0 aliphatic rings. The number of benzene rings is 2. The Hall–Kier alpha value is -1.60. The number of nitrogen functional groups attached to an aromatic ring is 1. The van der Waals surface area contributed by atoms with Crippen molar-refractivity contribution in [1.82, 2.24) is 0 Å². The maximum Gasteiger partial charge on any atom is 0.264 e. The standard InChI is InChI=1S/C14H14BrFN2O2S/c1-8-3-4-12(9(2)5-8)18-21(19,20)13-7-10(17)6-11(15)14(13)16/h3-7,18H,17H2,1-2H3. The number of hydrogen-bond acceptors (Lipinski definition) is 3. The molecule has 0 unspecified atom stereocenters. The number of hydrogen-bond donors (Lipinski definition) is 2. The molecule has 0 aliphatic heterocycles. The Balaban J connectivity index is 2.48. The summed E-state index contributed by atoms with van der Waals surface area (Å²) in [6, 6.07) is 7.65. The van der Waals surface area contributed by atoms with Gasteiger partial charge in [-0.3, -0.25) is 4.72 Å². The molecule has 2 rings (SSSR count). The fourth-order valence-corrected chi connectivity index (χ4v) is 3.78. The summed E-state index contributed by atoms with van der Waals surface area (Å²) in [7, 11) is -4.06. The quantitative estimate of drug-likeness (QED) is 0.808. The van der Waals surface area contributed by atoms with E-state index in [1.54, 1.807) is 19.1 Å². The molecule has 0 radical (unpaired) electrons. The first-order valence-electron chi connectivity index (χ1n) is 6.05. The smallest absolute Gasteiger partial charge is 0.264 e. The molecular weight excluding hydrogens is 359 g/mol. The summed E-state index contributed by atoms with van der Waals surface area (Å²) in [4.78, 5) is -0.491. The first-order chi connectivity index (χ1) is 9.70. The van der Waals surface area contributed by atoms with E-state index in [-0.39, 0.29) is 10.2 Å². The topological polar surface area (TPSA) is 72.2 Å². The third-order valence-electron chi connectivity index (χ3n) is 2.93. The van der Waals surface area contributed by atoms with Gasteiger partial charge in [-0.1, -0.05) is 17.7 Å². The van der Waals surface area contributed by atoms with Crippen molar-refractivity contribution >= 4 is 37.3 Å². The number of nitrogens with two attached hydrogens (primary N) is 1. The van der Waals surface area contributed by atoms with Crippen LogP contribution in [0.5, 0.6) is 0 Å². The van der Waals surface area contributed by atoms with E-state index in [2.05, 4.69) is 20.7 Å². The highest BCUT2D eigenvalue weighted by Gasteiger charge is 2.22. The summed E-state index contributed by atoms with van der Waals surface area (Å²) in [5.41, 5.74) is 7.90. The highest BCUT2D eigenvalue weighted by Crippen LogP contribution is 2.28. The molecule has 21 heavy (non-hydrogen) atoms. The molecule has 0 spiro atoms. The molecule has 0 amide bonds. The second-order valence-corrected chi connectivity index (χ2v) is 7.24. The Bertz CT molecular complexity index is 807. The Morgan fingerprint density at radius 1 is 1.19 bits per heavy atom. The molecule has 7 heteroatoms. The molecule has 0 saturated heterocycles. The Morgan fingerprint density at radius 2 is 1.86 bits per heavy atom. The molecular formula is C14H14BrFN2O2S. The van der Waals surface area contributed by atoms with Gasteiger partial charge < -0.3 is 5.73 Å². The summed E-state index contributed by atoms with van der Waals surface area (Å²) in [6.45, 7) is 3.68. The van der Waals surface area contributed by atoms with Crippen LogP contribution in [0.2, 0.25) is 0 Å². The van der Waals surface area contributed by atoms with E-state index in [4.69, 9.17) is 5.73 Å². The highest BCUT2D eigenvalue weighted by atomic mass is 79.9. The highest BCUT2D eigenvalue weighted by molar-refractivity contribution is 9.10. The van der Waals surface area contributed by atoms with Gasteiger partial charge >= 0.3 is 0 Å². The van der Waals surface area contributed by atoms with Crippen LogP contribution in [0.4, 0.5) is 15.8 Å². The number of rotatable bonds is 3. The number of aryl methyl sites for hydroxylation is 2. The summed E-state index contributed by atoms with van der Waals surface area (Å²) in [5.74, 6) is -0.874. The third-order valence-corrected chi connectivity index (χ3v) is 4.87. The Kier molecular flexibility index (Phi) is 4.25. The van der Waals surface area contributed by atoms with Crippen molar-refractivity contribution in [2.24, 2.45) is 0 Å². The van der Waals surface area contributed by atoms with Crippen molar-refractivity contribution in [1.29, 1.82) is 0 Å². The van der Waals surface area contributed by atoms with Crippen LogP contribution in [0.15, 0.2) is 39.7 Å². The van der Waals surface area contributed by atoms with Gasteiger partial charge in [0.05, 0.1) is 10.2 Å². The van der Waals surface area contributed by atoms with Gasteiger partial charge in [-0.15, -0.1) is 0 Å². The molecule has 0 bridgehead atoms. The van der Waals surface area contributed by atoms with E-state index in [0.717, 1.165) is 17.2 Å². The fraction of sp³-hybridized carbons (Fsp3) is 0.143. The van der Waals surface area contributed by atoms with Gasteiger partial charge in [0.1, 0.15) is 4.90 Å². The van der Waals surface area contributed by atoms with E-state index < -0.39 is 20.7 Å². The van der Waals surface area contributed by atoms with Crippen molar-refractivity contribution in [3.8, 4) is 0 Å². The summed E-state index contributed by atoms with van der Waals surface area (Å²) in [6.07, 6.45) is 0. The van der Waals surface area contributed by atoms with Crippen LogP contribution >= 0.6 is 15.9 Å². The van der Waals surface area contributed by atoms with Crippen LogP contribution in [-0.2, 0) is 10.0 Å². The monoisotopic (exact) mass is 372 g/mol. The summed E-state index contributed by atoms with van der Waals surface area (Å²) in [5, 5.41) is 0. The van der Waals surface area contributed by atoms with Crippen molar-refractivity contribution in [3.05, 3.63) is 51.7 Å². The predicted molar refractivity (Wildman–Crippen MR) is 85.2 cm³/mol. The lowest BCUT2D eigenvalue weighted by Crippen LogP contribution is -2.16. The van der Waals surface area contributed by atoms with Crippen molar-refractivity contribution < 1.29 is 12.8 Å². The number of anilines is 2. The Morgan fingerprint density at radius 3 is 2.48 bits per heavy atom. The van der Waals surface area contributed by atoms with Gasteiger partial charge in [0.15, 0.2) is 5.82 Å². The molecule has 0 aromatic heterocycles. The molecule has 2 aromatic carbocycles. The average Bonchev–Trinajstić information content (AvgIpc) is 2.37. The van der Waals surface area contributed by atoms with E-state index in [1.807, 2.05) is 13.0 Å². The van der Waals surface area contributed by atoms with E-state index in [0.29, 0.717) is 5.69 Å². The van der Waals surface area contributed by atoms with Crippen LogP contribution in [0.1, 0.15) is 11.1 Å². The maximum absolute atomic E-state index is 14.0. The first kappa shape index (κ1) is 15.8. The minimum atomic E-state index is -4.06. The van der Waals surface area contributed by atoms with E-state index in [1.165, 1.54) is 6.07 Å². The normalized spacial score (nSPS) is 11.4. The van der Waals surface area contributed by atoms with Crippen molar-refractivity contribution in [2.45, 2.75) is 18.7 Å². The van der Waals surface area contributed by atoms with Gasteiger partial charge in [0.2, 0.25) is 0 Å². The number of halogens is 2. The molecule has 0 aliphatic carbocycles. The van der Waals surface area contributed by atoms with Gasteiger partial charge in [0.25, 0.3) is 10.0 Å². The molecule has 112 valence electrons. The number of nitrogens with one attached hydrogen (secondary N) is 1. The zero-order valence-corrected chi connectivity index (χ0v) is 13.8. The molecule has 4 nitrogen and oxygen atoms in total. The fourth-order valence-electron chi connectivity index (χ4n) is 1.91. The van der Waals surface area contributed by atoms with Gasteiger partial charge in [0, 0.05) is 5.69 Å². The maximum atomic E-state index is 14.0. The summed E-state index contributed by atoms with van der Waals surface area (Å²) < 4.78 is 41.1. The first-order valence-corrected chi connectivity index (χ1v) is 8.33. The number of sulfonamides is 1. The Labute approximate surface area is 131 Å². The largest absolute Gasteiger partial charge is 0.399 e. The zero-order chi connectivity index (χ0) is 15.8. The molecule has 0 fully saturated rings. The van der Waals surface area contributed by atoms with Crippen molar-refractivity contribution in [2.75, 3.05) is 10.5 Å². The third kappa shape index (κ3) is 3.36. The lowest BCUT2D eigenvalue weighted by molar-refractivity contribution is 0.567. The van der Waals surface area contributed by atoms with Crippen LogP contribution in [0, 0.1) is 19.7 Å². The minimum Gasteiger partial charge on any atom is -0.399 e. The SMILES string of the molecule is Cc1ccc(NS(=O)(=O)c2cc(N)cc(Br)c2F)c(C)c1. The van der Waals surface area contributed by atoms with E-state index >= 15 is 0 Å². The lowest BCUT2D eigenvalue weighted by Gasteiger charge is -2.12. The van der Waals surface area contributed by atoms with Gasteiger partial charge in [-0.2, -0.15) is 0 Å². The second-order valence-electron chi connectivity index (χ2n) is 4.74. The van der Waals surface area contributed by atoms with Gasteiger partial charge in [-0.05, 0) is 53.5 Å². The molecule has 0 atom stereocenters. The predicted octanol–water partition coefficient (Wildman–Crippen LogP) is 3.59. The van der Waals surface area contributed by atoms with Crippen LogP contribution in [0.25, 0.3) is 0 Å². The lowest BCUT2D eigenvalue weighted by atomic mass is 10.1. The second kappa shape index (κ2) is 5.65. The molecule has 0 saturated carbocycles. The van der Waals surface area contributed by atoms with Crippen LogP contribution < -0.4 is 10.5 Å². The minimum absolute atomic E-state index is 0.00324. The summed E-state index contributed by atoms with van der Waals surface area (Å²) >= 11 is 2.95.